The van der Waals surface area contributed by atoms with Crippen LogP contribution in [0.2, 0.25) is 0 Å². The van der Waals surface area contributed by atoms with Gasteiger partial charge in [0.1, 0.15) is 36.6 Å². The molecule has 1 saturated carbocycles. The molecule has 0 spiro atoms. The third-order valence-electron chi connectivity index (χ3n) is 4.35. The molecule has 0 radical (unpaired) electrons. The highest BCUT2D eigenvalue weighted by Crippen LogP contribution is 2.41. The van der Waals surface area contributed by atoms with Gasteiger partial charge in [-0.1, -0.05) is 17.7 Å². The van der Waals surface area contributed by atoms with Crippen LogP contribution in [0.4, 0.5) is 0 Å². The SMILES string of the molecule is Cc1ccc(S(=O)(=O)OC2[C@H]3OC4OC([C@H]3O)[C@@H](O)[C@H]2O4)cc1. The molecule has 2 N–H and O–H groups in total. The topological polar surface area (TPSA) is 112 Å². The van der Waals surface area contributed by atoms with E-state index in [0.717, 1.165) is 5.56 Å². The summed E-state index contributed by atoms with van der Waals surface area (Å²) in [5, 5.41) is 20.3. The smallest absolute Gasteiger partial charge is 0.297 e. The molecule has 1 aromatic rings. The Hall–Kier alpha value is -1.07. The summed E-state index contributed by atoms with van der Waals surface area (Å²) in [6.45, 7) is 0.812. The van der Waals surface area contributed by atoms with Gasteiger partial charge < -0.3 is 24.4 Å². The lowest BCUT2D eigenvalue weighted by Crippen LogP contribution is -2.75. The molecule has 7 atom stereocenters. The second-order valence-corrected chi connectivity index (χ2v) is 7.47. The normalized spacial score (nSPS) is 42.1. The molecule has 4 fully saturated rings. The molecule has 1 aliphatic carbocycles. The van der Waals surface area contributed by atoms with E-state index in [-0.39, 0.29) is 4.90 Å². The number of benzene rings is 1. The summed E-state index contributed by atoms with van der Waals surface area (Å²) in [6, 6.07) is 6.16. The number of ether oxygens (including phenoxy) is 3. The van der Waals surface area contributed by atoms with Gasteiger partial charge in [-0.05, 0) is 19.1 Å². The van der Waals surface area contributed by atoms with Crippen molar-refractivity contribution in [3.8, 4) is 0 Å². The zero-order valence-corrected chi connectivity index (χ0v) is 12.9. The molecular formula is C14H16O8S. The summed E-state index contributed by atoms with van der Waals surface area (Å²) in [6.07, 6.45) is -6.30. The summed E-state index contributed by atoms with van der Waals surface area (Å²) < 4.78 is 45.8. The van der Waals surface area contributed by atoms with Crippen LogP contribution in [0.5, 0.6) is 0 Å². The Bertz CT molecular complexity index is 682. The average molecular weight is 344 g/mol. The largest absolute Gasteiger partial charge is 0.387 e. The van der Waals surface area contributed by atoms with Crippen molar-refractivity contribution in [1.82, 2.24) is 0 Å². The molecule has 3 heterocycles. The van der Waals surface area contributed by atoms with Crippen LogP contribution < -0.4 is 0 Å². The number of hydrogen-bond donors (Lipinski definition) is 2. The Kier molecular flexibility index (Phi) is 3.50. The van der Waals surface area contributed by atoms with E-state index in [1.54, 1.807) is 12.1 Å². The van der Waals surface area contributed by atoms with E-state index in [9.17, 15) is 18.6 Å². The first-order valence-electron chi connectivity index (χ1n) is 7.19. The van der Waals surface area contributed by atoms with Gasteiger partial charge in [0.15, 0.2) is 0 Å². The number of rotatable bonds is 3. The van der Waals surface area contributed by atoms with E-state index < -0.39 is 53.2 Å². The van der Waals surface area contributed by atoms with Gasteiger partial charge in [0, 0.05) is 0 Å². The molecule has 4 bridgehead atoms. The summed E-state index contributed by atoms with van der Waals surface area (Å²) in [7, 11) is -4.09. The molecule has 0 amide bonds. The van der Waals surface area contributed by atoms with Crippen molar-refractivity contribution >= 4 is 10.1 Å². The van der Waals surface area contributed by atoms with Gasteiger partial charge >= 0.3 is 0 Å². The summed E-state index contributed by atoms with van der Waals surface area (Å²) >= 11 is 0. The highest BCUT2D eigenvalue weighted by atomic mass is 32.2. The maximum atomic E-state index is 12.4. The standard InChI is InChI=1S/C14H16O8S/c1-6-2-4-7(5-3-6)23(17,18)22-13-11-8(15)10-9(16)12(13)21-14(19-10)20-11/h2-5,8-16H,1H3/t8-,9-,10?,11-,12+,13?,14?/m1/s1. The molecule has 3 saturated heterocycles. The van der Waals surface area contributed by atoms with Gasteiger partial charge in [0.25, 0.3) is 16.6 Å². The van der Waals surface area contributed by atoms with Crippen LogP contribution in [0.15, 0.2) is 29.2 Å². The molecule has 0 aromatic heterocycles. The number of aryl methyl sites for hydroxylation is 1. The second kappa shape index (κ2) is 5.21. The van der Waals surface area contributed by atoms with Gasteiger partial charge in [-0.3, -0.25) is 4.18 Å². The van der Waals surface area contributed by atoms with E-state index in [1.165, 1.54) is 12.1 Å². The minimum absolute atomic E-state index is 0.0165. The fourth-order valence-corrected chi connectivity index (χ4v) is 4.22. The Balaban J connectivity index is 1.62. The highest BCUT2D eigenvalue weighted by molar-refractivity contribution is 7.86. The molecule has 3 unspecified atom stereocenters. The van der Waals surface area contributed by atoms with Crippen molar-refractivity contribution in [2.75, 3.05) is 0 Å². The maximum absolute atomic E-state index is 12.4. The number of hydrogen-bond acceptors (Lipinski definition) is 8. The van der Waals surface area contributed by atoms with E-state index in [2.05, 4.69) is 0 Å². The Labute approximate surface area is 132 Å². The van der Waals surface area contributed by atoms with E-state index in [0.29, 0.717) is 0 Å². The van der Waals surface area contributed by atoms with E-state index in [1.807, 2.05) is 6.92 Å². The van der Waals surface area contributed by atoms with Gasteiger partial charge in [-0.2, -0.15) is 8.42 Å². The Morgan fingerprint density at radius 3 is 2.04 bits per heavy atom. The lowest BCUT2D eigenvalue weighted by Gasteiger charge is -2.56. The van der Waals surface area contributed by atoms with Crippen molar-refractivity contribution in [3.63, 3.8) is 0 Å². The first-order valence-corrected chi connectivity index (χ1v) is 8.60. The summed E-state index contributed by atoms with van der Waals surface area (Å²) in [5.41, 5.74) is 0.910. The van der Waals surface area contributed by atoms with Crippen molar-refractivity contribution in [2.45, 2.75) is 54.9 Å². The van der Waals surface area contributed by atoms with Crippen LogP contribution in [0, 0.1) is 6.92 Å². The summed E-state index contributed by atoms with van der Waals surface area (Å²) in [4.78, 5) is -0.0165. The van der Waals surface area contributed by atoms with Gasteiger partial charge in [-0.25, -0.2) is 0 Å². The zero-order chi connectivity index (χ0) is 16.4. The molecule has 126 valence electrons. The van der Waals surface area contributed by atoms with Crippen LogP contribution in [0.1, 0.15) is 5.56 Å². The molecule has 3 aliphatic heterocycles. The average Bonchev–Trinajstić information content (AvgIpc) is 2.51. The fourth-order valence-electron chi connectivity index (χ4n) is 3.13. The lowest BCUT2D eigenvalue weighted by molar-refractivity contribution is -0.478. The van der Waals surface area contributed by atoms with Gasteiger partial charge in [0.05, 0.1) is 4.90 Å². The first kappa shape index (κ1) is 15.5. The van der Waals surface area contributed by atoms with Gasteiger partial charge in [-0.15, -0.1) is 0 Å². The fraction of sp³-hybridized carbons (Fsp3) is 0.571. The highest BCUT2D eigenvalue weighted by Gasteiger charge is 2.62. The Morgan fingerprint density at radius 1 is 0.957 bits per heavy atom. The zero-order valence-electron chi connectivity index (χ0n) is 12.1. The molecule has 5 rings (SSSR count). The van der Waals surface area contributed by atoms with Crippen LogP contribution in [-0.4, -0.2) is 61.7 Å². The van der Waals surface area contributed by atoms with Crippen molar-refractivity contribution in [1.29, 1.82) is 0 Å². The third kappa shape index (κ3) is 2.40. The van der Waals surface area contributed by atoms with Crippen molar-refractivity contribution in [2.24, 2.45) is 0 Å². The van der Waals surface area contributed by atoms with Gasteiger partial charge in [0.2, 0.25) is 0 Å². The summed E-state index contributed by atoms with van der Waals surface area (Å²) in [5.74, 6) is 0. The molecule has 4 aliphatic rings. The third-order valence-corrected chi connectivity index (χ3v) is 5.67. The lowest BCUT2D eigenvalue weighted by atomic mass is 9.83. The first-order chi connectivity index (χ1) is 10.9. The monoisotopic (exact) mass is 344 g/mol. The predicted molar refractivity (Wildman–Crippen MR) is 73.7 cm³/mol. The van der Waals surface area contributed by atoms with Crippen molar-refractivity contribution < 1.29 is 37.0 Å². The van der Waals surface area contributed by atoms with Crippen LogP contribution in [-0.2, 0) is 28.5 Å². The van der Waals surface area contributed by atoms with Crippen LogP contribution >= 0.6 is 0 Å². The quantitative estimate of drug-likeness (QED) is 0.691. The van der Waals surface area contributed by atoms with Crippen LogP contribution in [0.25, 0.3) is 0 Å². The van der Waals surface area contributed by atoms with E-state index >= 15 is 0 Å². The number of aliphatic hydroxyl groups excluding tert-OH is 2. The minimum atomic E-state index is -4.09. The molecule has 23 heavy (non-hydrogen) atoms. The van der Waals surface area contributed by atoms with Crippen molar-refractivity contribution in [3.05, 3.63) is 29.8 Å². The predicted octanol–water partition coefficient (Wildman–Crippen LogP) is -0.729. The molecule has 1 aromatic carbocycles. The van der Waals surface area contributed by atoms with E-state index in [4.69, 9.17) is 18.4 Å². The number of aliphatic hydroxyl groups is 2. The molecular weight excluding hydrogens is 328 g/mol. The second-order valence-electron chi connectivity index (χ2n) is 5.90. The Morgan fingerprint density at radius 2 is 1.48 bits per heavy atom. The molecule has 9 heteroatoms. The maximum Gasteiger partial charge on any atom is 0.297 e. The minimum Gasteiger partial charge on any atom is -0.387 e. The molecule has 8 nitrogen and oxygen atoms in total. The van der Waals surface area contributed by atoms with Crippen LogP contribution in [0.3, 0.4) is 0 Å².